The minimum Gasteiger partial charge on any atom is -0.493 e. The van der Waals surface area contributed by atoms with Crippen molar-refractivity contribution < 1.29 is 14.3 Å². The molecule has 1 amide bonds. The number of hydrogen-bond acceptors (Lipinski definition) is 3. The van der Waals surface area contributed by atoms with Gasteiger partial charge >= 0.3 is 0 Å². The van der Waals surface area contributed by atoms with Gasteiger partial charge in [0.2, 0.25) is 5.91 Å². The first-order valence-corrected chi connectivity index (χ1v) is 8.59. The normalized spacial score (nSPS) is 21.0. The Balaban J connectivity index is 1.64. The quantitative estimate of drug-likeness (QED) is 0.841. The summed E-state index contributed by atoms with van der Waals surface area (Å²) in [6, 6.07) is 5.91. The molecule has 124 valence electrons. The molecule has 1 N–H and O–H groups in total. The largest absolute Gasteiger partial charge is 0.493 e. The molecule has 1 fully saturated rings. The van der Waals surface area contributed by atoms with E-state index in [9.17, 15) is 4.79 Å². The van der Waals surface area contributed by atoms with Gasteiger partial charge in [0.05, 0.1) is 19.3 Å². The molecule has 1 aromatic rings. The molecule has 2 aliphatic rings. The second kappa shape index (κ2) is 7.53. The molecule has 0 spiro atoms. The van der Waals surface area contributed by atoms with Crippen molar-refractivity contribution in [3.63, 3.8) is 0 Å². The number of hydrogen-bond donors (Lipinski definition) is 1. The van der Waals surface area contributed by atoms with E-state index in [4.69, 9.17) is 9.47 Å². The zero-order chi connectivity index (χ0) is 16.1. The van der Waals surface area contributed by atoms with Gasteiger partial charge in [-0.25, -0.2) is 0 Å². The molecule has 0 aromatic heterocycles. The predicted octanol–water partition coefficient (Wildman–Crippen LogP) is 3.77. The Hall–Kier alpha value is -1.97. The molecule has 3 rings (SSSR count). The van der Waals surface area contributed by atoms with Crippen LogP contribution in [0.4, 0.5) is 0 Å². The third kappa shape index (κ3) is 4.06. The van der Waals surface area contributed by atoms with Crippen molar-refractivity contribution in [1.82, 2.24) is 5.32 Å². The van der Waals surface area contributed by atoms with Crippen LogP contribution in [0.15, 0.2) is 30.9 Å². The van der Waals surface area contributed by atoms with Gasteiger partial charge < -0.3 is 14.8 Å². The number of nitrogens with one attached hydrogen (secondary N) is 1. The van der Waals surface area contributed by atoms with Crippen molar-refractivity contribution >= 4 is 5.91 Å². The van der Waals surface area contributed by atoms with Crippen LogP contribution < -0.4 is 14.8 Å². The van der Waals surface area contributed by atoms with Crippen molar-refractivity contribution in [2.24, 2.45) is 5.92 Å². The molecule has 4 nitrogen and oxygen atoms in total. The number of benzene rings is 1. The van der Waals surface area contributed by atoms with Crippen molar-refractivity contribution in [1.29, 1.82) is 0 Å². The molecule has 1 aliphatic carbocycles. The van der Waals surface area contributed by atoms with E-state index >= 15 is 0 Å². The van der Waals surface area contributed by atoms with Gasteiger partial charge in [-0.1, -0.05) is 25.8 Å². The molecule has 0 saturated heterocycles. The Bertz CT molecular complexity index is 564. The number of rotatable bonds is 5. The third-order valence-electron chi connectivity index (χ3n) is 4.74. The van der Waals surface area contributed by atoms with Gasteiger partial charge in [0.1, 0.15) is 11.5 Å². The van der Waals surface area contributed by atoms with Gasteiger partial charge in [-0.15, -0.1) is 0 Å². The first-order valence-electron chi connectivity index (χ1n) is 8.59. The maximum atomic E-state index is 11.5. The van der Waals surface area contributed by atoms with Crippen LogP contribution in [-0.2, 0) is 4.79 Å². The molecule has 1 aromatic carbocycles. The average Bonchev–Trinajstić information content (AvgIpc) is 2.60. The number of amides is 1. The van der Waals surface area contributed by atoms with E-state index in [0.29, 0.717) is 12.5 Å². The zero-order valence-corrected chi connectivity index (χ0v) is 13.6. The van der Waals surface area contributed by atoms with E-state index in [-0.39, 0.29) is 11.9 Å². The van der Waals surface area contributed by atoms with Crippen LogP contribution in [0.2, 0.25) is 0 Å². The average molecular weight is 315 g/mol. The van der Waals surface area contributed by atoms with Crippen molar-refractivity contribution in [2.45, 2.75) is 44.6 Å². The molecular formula is C19H25NO3. The fourth-order valence-corrected chi connectivity index (χ4v) is 3.41. The van der Waals surface area contributed by atoms with Gasteiger partial charge in [-0.05, 0) is 37.0 Å². The van der Waals surface area contributed by atoms with E-state index in [1.165, 1.54) is 38.2 Å². The SMILES string of the molecule is C=CC(=O)NC1CCOc2cc(OCC3CCCCC3)ccc21. The Morgan fingerprint density at radius 2 is 2.13 bits per heavy atom. The Morgan fingerprint density at radius 3 is 2.91 bits per heavy atom. The van der Waals surface area contributed by atoms with Gasteiger partial charge in [0.25, 0.3) is 0 Å². The van der Waals surface area contributed by atoms with E-state index in [1.807, 2.05) is 18.2 Å². The lowest BCUT2D eigenvalue weighted by Crippen LogP contribution is -2.30. The Kier molecular flexibility index (Phi) is 5.21. The van der Waals surface area contributed by atoms with E-state index in [0.717, 1.165) is 30.1 Å². The van der Waals surface area contributed by atoms with E-state index in [1.54, 1.807) is 0 Å². The topological polar surface area (TPSA) is 47.6 Å². The minimum absolute atomic E-state index is 0.0170. The number of ether oxygens (including phenoxy) is 2. The third-order valence-corrected chi connectivity index (χ3v) is 4.74. The molecule has 23 heavy (non-hydrogen) atoms. The van der Waals surface area contributed by atoms with E-state index < -0.39 is 0 Å². The van der Waals surface area contributed by atoms with Crippen LogP contribution in [0.25, 0.3) is 0 Å². The standard InChI is InChI=1S/C19H25NO3/c1-2-19(21)20-17-10-11-22-18-12-15(8-9-16(17)18)23-13-14-6-4-3-5-7-14/h2,8-9,12,14,17H,1,3-7,10-11,13H2,(H,20,21). The fraction of sp³-hybridized carbons (Fsp3) is 0.526. The highest BCUT2D eigenvalue weighted by molar-refractivity contribution is 5.87. The van der Waals surface area contributed by atoms with Crippen molar-refractivity contribution in [3.05, 3.63) is 36.4 Å². The summed E-state index contributed by atoms with van der Waals surface area (Å²) in [7, 11) is 0. The fourth-order valence-electron chi connectivity index (χ4n) is 3.41. The van der Waals surface area contributed by atoms with Crippen molar-refractivity contribution in [3.8, 4) is 11.5 Å². The highest BCUT2D eigenvalue weighted by atomic mass is 16.5. The van der Waals surface area contributed by atoms with Crippen LogP contribution in [-0.4, -0.2) is 19.1 Å². The molecule has 4 heteroatoms. The molecular weight excluding hydrogens is 290 g/mol. The van der Waals surface area contributed by atoms with Crippen LogP contribution >= 0.6 is 0 Å². The number of fused-ring (bicyclic) bond motifs is 1. The summed E-state index contributed by atoms with van der Waals surface area (Å²) in [4.78, 5) is 11.5. The maximum Gasteiger partial charge on any atom is 0.243 e. The van der Waals surface area contributed by atoms with Crippen LogP contribution in [0.1, 0.15) is 50.1 Å². The highest BCUT2D eigenvalue weighted by Crippen LogP contribution is 2.35. The summed E-state index contributed by atoms with van der Waals surface area (Å²) in [5.74, 6) is 2.19. The zero-order valence-electron chi connectivity index (χ0n) is 13.6. The summed E-state index contributed by atoms with van der Waals surface area (Å²) in [6.07, 6.45) is 8.64. The molecule has 1 aliphatic heterocycles. The summed E-state index contributed by atoms with van der Waals surface area (Å²) in [5.41, 5.74) is 1.01. The minimum atomic E-state index is -0.152. The highest BCUT2D eigenvalue weighted by Gasteiger charge is 2.23. The lowest BCUT2D eigenvalue weighted by atomic mass is 9.90. The monoisotopic (exact) mass is 315 g/mol. The lowest BCUT2D eigenvalue weighted by Gasteiger charge is -2.27. The molecule has 1 heterocycles. The molecule has 1 atom stereocenters. The van der Waals surface area contributed by atoms with Crippen LogP contribution in [0, 0.1) is 5.92 Å². The van der Waals surface area contributed by atoms with Crippen LogP contribution in [0.5, 0.6) is 11.5 Å². The summed E-state index contributed by atoms with van der Waals surface area (Å²) < 4.78 is 11.7. The second-order valence-corrected chi connectivity index (χ2v) is 6.42. The van der Waals surface area contributed by atoms with E-state index in [2.05, 4.69) is 11.9 Å². The molecule has 1 saturated carbocycles. The van der Waals surface area contributed by atoms with Gasteiger partial charge in [-0.3, -0.25) is 4.79 Å². The van der Waals surface area contributed by atoms with Crippen LogP contribution in [0.3, 0.4) is 0 Å². The van der Waals surface area contributed by atoms with Gasteiger partial charge in [0, 0.05) is 18.1 Å². The summed E-state index contributed by atoms with van der Waals surface area (Å²) in [6.45, 7) is 4.89. The van der Waals surface area contributed by atoms with Gasteiger partial charge in [-0.2, -0.15) is 0 Å². The number of carbonyl (C=O) groups excluding carboxylic acids is 1. The summed E-state index contributed by atoms with van der Waals surface area (Å²) in [5, 5.41) is 2.95. The lowest BCUT2D eigenvalue weighted by molar-refractivity contribution is -0.117. The number of carbonyl (C=O) groups is 1. The molecule has 1 unspecified atom stereocenters. The molecule has 0 bridgehead atoms. The van der Waals surface area contributed by atoms with Gasteiger partial charge in [0.15, 0.2) is 0 Å². The Labute approximate surface area is 137 Å². The molecule has 0 radical (unpaired) electrons. The maximum absolute atomic E-state index is 11.5. The first-order chi connectivity index (χ1) is 11.3. The predicted molar refractivity (Wildman–Crippen MR) is 89.7 cm³/mol. The van der Waals surface area contributed by atoms with Crippen molar-refractivity contribution in [2.75, 3.05) is 13.2 Å². The summed E-state index contributed by atoms with van der Waals surface area (Å²) >= 11 is 0. The smallest absolute Gasteiger partial charge is 0.243 e. The Morgan fingerprint density at radius 1 is 1.30 bits per heavy atom. The second-order valence-electron chi connectivity index (χ2n) is 6.42. The first kappa shape index (κ1) is 15.9.